The van der Waals surface area contributed by atoms with Gasteiger partial charge in [0.2, 0.25) is 0 Å². The molecule has 4 nitrogen and oxygen atoms in total. The van der Waals surface area contributed by atoms with Crippen molar-refractivity contribution in [2.45, 2.75) is 25.2 Å². The summed E-state index contributed by atoms with van der Waals surface area (Å²) in [6, 6.07) is 0. The third kappa shape index (κ3) is 3.16. The van der Waals surface area contributed by atoms with E-state index in [1.807, 2.05) is 0 Å². The van der Waals surface area contributed by atoms with Gasteiger partial charge in [-0.1, -0.05) is 0 Å². The summed E-state index contributed by atoms with van der Waals surface area (Å²) in [6.07, 6.45) is 0.952. The Labute approximate surface area is 65.7 Å². The van der Waals surface area contributed by atoms with Crippen molar-refractivity contribution in [3.8, 4) is 0 Å². The largest absolute Gasteiger partial charge is 0.394 e. The average molecular weight is 162 g/mol. The van der Waals surface area contributed by atoms with Crippen LogP contribution in [0.3, 0.4) is 0 Å². The maximum Gasteiger partial charge on any atom is 0.157 e. The van der Waals surface area contributed by atoms with Crippen molar-refractivity contribution >= 4 is 0 Å². The quantitative estimate of drug-likeness (QED) is 0.584. The van der Waals surface area contributed by atoms with Crippen LogP contribution in [0.15, 0.2) is 0 Å². The smallest absolute Gasteiger partial charge is 0.157 e. The van der Waals surface area contributed by atoms with Crippen LogP contribution in [0.4, 0.5) is 0 Å². The van der Waals surface area contributed by atoms with E-state index in [1.54, 1.807) is 0 Å². The summed E-state index contributed by atoms with van der Waals surface area (Å²) in [4.78, 5) is 0. The van der Waals surface area contributed by atoms with E-state index in [0.717, 1.165) is 19.4 Å². The van der Waals surface area contributed by atoms with E-state index in [0.29, 0.717) is 0 Å². The lowest BCUT2D eigenvalue weighted by Crippen LogP contribution is -2.23. The van der Waals surface area contributed by atoms with Gasteiger partial charge in [-0.05, 0) is 6.42 Å². The second-order valence-electron chi connectivity index (χ2n) is 2.61. The van der Waals surface area contributed by atoms with Gasteiger partial charge in [-0.2, -0.15) is 0 Å². The van der Waals surface area contributed by atoms with E-state index in [4.69, 9.17) is 19.7 Å². The highest BCUT2D eigenvalue weighted by molar-refractivity contribution is 4.56. The summed E-state index contributed by atoms with van der Waals surface area (Å²) >= 11 is 0. The first-order chi connectivity index (χ1) is 5.33. The number of ether oxygens (including phenoxy) is 2. The fraction of sp³-hybridized carbons (Fsp3) is 1.00. The van der Waals surface area contributed by atoms with Crippen molar-refractivity contribution in [2.75, 3.05) is 19.8 Å². The Hall–Kier alpha value is -0.160. The van der Waals surface area contributed by atoms with Crippen molar-refractivity contribution < 1.29 is 19.7 Å². The minimum atomic E-state index is -0.779. The molecule has 1 heterocycles. The summed E-state index contributed by atoms with van der Waals surface area (Å²) in [5.74, 6) is 0. The van der Waals surface area contributed by atoms with E-state index in [9.17, 15) is 0 Å². The predicted octanol–water partition coefficient (Wildman–Crippen LogP) is -0.507. The molecule has 0 bridgehead atoms. The van der Waals surface area contributed by atoms with Gasteiger partial charge in [0.25, 0.3) is 0 Å². The Balaban J connectivity index is 2.01. The second-order valence-corrected chi connectivity index (χ2v) is 2.61. The average Bonchev–Trinajstić information content (AvgIpc) is 2.52. The lowest BCUT2D eigenvalue weighted by molar-refractivity contribution is -0.134. The molecule has 1 fully saturated rings. The highest BCUT2D eigenvalue weighted by Gasteiger charge is 2.16. The van der Waals surface area contributed by atoms with E-state index < -0.39 is 6.10 Å². The Bertz CT molecular complexity index is 101. The summed E-state index contributed by atoms with van der Waals surface area (Å²) in [5, 5.41) is 17.3. The van der Waals surface area contributed by atoms with Crippen molar-refractivity contribution in [3.63, 3.8) is 0 Å². The summed E-state index contributed by atoms with van der Waals surface area (Å²) < 4.78 is 10.3. The van der Waals surface area contributed by atoms with Crippen LogP contribution in [0.1, 0.15) is 12.8 Å². The van der Waals surface area contributed by atoms with E-state index >= 15 is 0 Å². The predicted molar refractivity (Wildman–Crippen MR) is 38.0 cm³/mol. The Morgan fingerprint density at radius 2 is 2.45 bits per heavy atom. The molecule has 1 rings (SSSR count). The third-order valence-corrected chi connectivity index (χ3v) is 1.57. The topological polar surface area (TPSA) is 58.9 Å². The Morgan fingerprint density at radius 1 is 1.64 bits per heavy atom. The molecule has 4 heteroatoms. The minimum absolute atomic E-state index is 0.154. The Morgan fingerprint density at radius 3 is 3.00 bits per heavy atom. The van der Waals surface area contributed by atoms with Gasteiger partial charge in [0.1, 0.15) is 6.10 Å². The summed E-state index contributed by atoms with van der Waals surface area (Å²) in [5.41, 5.74) is 0. The fourth-order valence-electron chi connectivity index (χ4n) is 0.951. The van der Waals surface area contributed by atoms with E-state index in [2.05, 4.69) is 0 Å². The molecule has 1 aliphatic rings. The zero-order valence-corrected chi connectivity index (χ0v) is 6.40. The van der Waals surface area contributed by atoms with Crippen molar-refractivity contribution in [3.05, 3.63) is 0 Å². The molecule has 0 radical (unpaired) electrons. The van der Waals surface area contributed by atoms with E-state index in [1.165, 1.54) is 0 Å². The van der Waals surface area contributed by atoms with Crippen LogP contribution in [0.25, 0.3) is 0 Å². The standard InChI is InChI=1S/C7H14O4/c8-4-6(9)5-11-7-2-1-3-10-7/h6-9H,1-5H2. The number of hydrogen-bond acceptors (Lipinski definition) is 4. The number of aliphatic hydroxyl groups is 2. The number of rotatable bonds is 4. The van der Waals surface area contributed by atoms with Gasteiger partial charge in [0, 0.05) is 13.0 Å². The zero-order valence-electron chi connectivity index (χ0n) is 6.40. The van der Waals surface area contributed by atoms with Crippen LogP contribution in [0.2, 0.25) is 0 Å². The summed E-state index contributed by atoms with van der Waals surface area (Å²) in [7, 11) is 0. The monoisotopic (exact) mass is 162 g/mol. The summed E-state index contributed by atoms with van der Waals surface area (Å²) in [6.45, 7) is 0.633. The molecule has 0 saturated carbocycles. The van der Waals surface area contributed by atoms with Crippen molar-refractivity contribution in [1.29, 1.82) is 0 Å². The number of hydrogen-bond donors (Lipinski definition) is 2. The molecule has 0 aromatic carbocycles. The molecule has 66 valence electrons. The minimum Gasteiger partial charge on any atom is -0.394 e. The van der Waals surface area contributed by atoms with Gasteiger partial charge in [0.05, 0.1) is 13.2 Å². The molecule has 11 heavy (non-hydrogen) atoms. The molecule has 2 atom stereocenters. The van der Waals surface area contributed by atoms with Crippen molar-refractivity contribution in [2.24, 2.45) is 0 Å². The number of aliphatic hydroxyl groups excluding tert-OH is 2. The maximum absolute atomic E-state index is 8.89. The van der Waals surface area contributed by atoms with Crippen LogP contribution in [-0.4, -0.2) is 42.4 Å². The first kappa shape index (κ1) is 8.93. The Kier molecular flexibility index (Phi) is 3.79. The zero-order chi connectivity index (χ0) is 8.10. The van der Waals surface area contributed by atoms with Gasteiger partial charge in [-0.25, -0.2) is 0 Å². The van der Waals surface area contributed by atoms with Crippen LogP contribution in [0, 0.1) is 0 Å². The van der Waals surface area contributed by atoms with Crippen LogP contribution >= 0.6 is 0 Å². The van der Waals surface area contributed by atoms with Gasteiger partial charge >= 0.3 is 0 Å². The van der Waals surface area contributed by atoms with Gasteiger partial charge in [-0.15, -0.1) is 0 Å². The lowest BCUT2D eigenvalue weighted by Gasteiger charge is -2.12. The first-order valence-electron chi connectivity index (χ1n) is 3.85. The molecule has 2 N–H and O–H groups in total. The highest BCUT2D eigenvalue weighted by Crippen LogP contribution is 2.12. The normalized spacial score (nSPS) is 27.3. The third-order valence-electron chi connectivity index (χ3n) is 1.57. The highest BCUT2D eigenvalue weighted by atomic mass is 16.7. The molecule has 2 unspecified atom stereocenters. The molecular formula is C7H14O4. The van der Waals surface area contributed by atoms with Crippen LogP contribution < -0.4 is 0 Å². The van der Waals surface area contributed by atoms with E-state index in [-0.39, 0.29) is 19.5 Å². The molecule has 0 spiro atoms. The molecule has 1 aliphatic heterocycles. The molecule has 0 aromatic rings. The van der Waals surface area contributed by atoms with Crippen LogP contribution in [-0.2, 0) is 9.47 Å². The molecule has 0 aliphatic carbocycles. The lowest BCUT2D eigenvalue weighted by atomic mass is 10.3. The van der Waals surface area contributed by atoms with Crippen LogP contribution in [0.5, 0.6) is 0 Å². The fourth-order valence-corrected chi connectivity index (χ4v) is 0.951. The molecule has 1 saturated heterocycles. The van der Waals surface area contributed by atoms with Crippen molar-refractivity contribution in [1.82, 2.24) is 0 Å². The molecular weight excluding hydrogens is 148 g/mol. The van der Waals surface area contributed by atoms with Gasteiger partial charge in [0.15, 0.2) is 6.29 Å². The first-order valence-corrected chi connectivity index (χ1v) is 3.85. The molecule has 0 aromatic heterocycles. The SMILES string of the molecule is OCC(O)COC1CCCO1. The van der Waals surface area contributed by atoms with Gasteiger partial charge < -0.3 is 19.7 Å². The molecule has 0 amide bonds. The maximum atomic E-state index is 8.89. The van der Waals surface area contributed by atoms with Gasteiger partial charge in [-0.3, -0.25) is 0 Å². The second kappa shape index (κ2) is 4.66.